The van der Waals surface area contributed by atoms with E-state index in [0.717, 1.165) is 19.3 Å². The maximum atomic E-state index is 12.0. The van der Waals surface area contributed by atoms with E-state index in [1.165, 1.54) is 12.5 Å². The number of carbonyl (C=O) groups is 2. The van der Waals surface area contributed by atoms with Crippen LogP contribution in [0.5, 0.6) is 17.2 Å². The van der Waals surface area contributed by atoms with Crippen molar-refractivity contribution in [2.24, 2.45) is 5.92 Å². The second-order valence-corrected chi connectivity index (χ2v) is 7.12. The van der Waals surface area contributed by atoms with Crippen molar-refractivity contribution in [1.82, 2.24) is 5.32 Å². The Morgan fingerprint density at radius 3 is 2.79 bits per heavy atom. The molecule has 0 radical (unpaired) electrons. The van der Waals surface area contributed by atoms with Gasteiger partial charge in [0.15, 0.2) is 18.1 Å². The lowest BCUT2D eigenvalue weighted by Gasteiger charge is -2.29. The minimum Gasteiger partial charge on any atom is -0.493 e. The van der Waals surface area contributed by atoms with Gasteiger partial charge in [-0.15, -0.1) is 0 Å². The number of benzene rings is 1. The highest BCUT2D eigenvalue weighted by Crippen LogP contribution is 2.40. The third-order valence-electron chi connectivity index (χ3n) is 5.07. The van der Waals surface area contributed by atoms with Crippen LogP contribution in [0.15, 0.2) is 18.2 Å². The van der Waals surface area contributed by atoms with Crippen LogP contribution in [0.25, 0.3) is 6.08 Å². The molecule has 1 N–H and O–H groups in total. The Kier molecular flexibility index (Phi) is 6.79. The van der Waals surface area contributed by atoms with E-state index in [9.17, 15) is 9.59 Å². The first-order chi connectivity index (χ1) is 13.6. The Morgan fingerprint density at radius 2 is 2.00 bits per heavy atom. The zero-order valence-corrected chi connectivity index (χ0v) is 16.4. The molecule has 0 spiro atoms. The number of amides is 1. The Bertz CT molecular complexity index is 727. The van der Waals surface area contributed by atoms with Gasteiger partial charge in [0.25, 0.3) is 5.91 Å². The number of hydrogen-bond donors (Lipinski definition) is 1. The predicted molar refractivity (Wildman–Crippen MR) is 104 cm³/mol. The fourth-order valence-electron chi connectivity index (χ4n) is 3.52. The van der Waals surface area contributed by atoms with Crippen molar-refractivity contribution in [2.45, 2.75) is 38.6 Å². The molecule has 7 nitrogen and oxygen atoms in total. The molecule has 1 amide bonds. The number of ether oxygens (including phenoxy) is 4. The summed E-state index contributed by atoms with van der Waals surface area (Å²) in [4.78, 5) is 24.0. The van der Waals surface area contributed by atoms with Gasteiger partial charge in [-0.3, -0.25) is 4.79 Å². The van der Waals surface area contributed by atoms with E-state index in [4.69, 9.17) is 18.9 Å². The molecule has 28 heavy (non-hydrogen) atoms. The Hall–Kier alpha value is -2.70. The topological polar surface area (TPSA) is 83.1 Å². The maximum Gasteiger partial charge on any atom is 0.331 e. The molecule has 1 aliphatic heterocycles. The lowest BCUT2D eigenvalue weighted by molar-refractivity contribution is -0.144. The molecular formula is C21H27NO6. The third-order valence-corrected chi connectivity index (χ3v) is 5.07. The summed E-state index contributed by atoms with van der Waals surface area (Å²) in [5, 5.41) is 2.96. The van der Waals surface area contributed by atoms with Gasteiger partial charge in [0.05, 0.1) is 7.11 Å². The molecular weight excluding hydrogens is 362 g/mol. The molecule has 0 aromatic heterocycles. The highest BCUT2D eigenvalue weighted by molar-refractivity contribution is 5.89. The number of rotatable bonds is 6. The van der Waals surface area contributed by atoms with Crippen LogP contribution in [-0.2, 0) is 14.3 Å². The fraction of sp³-hybridized carbons (Fsp3) is 0.524. The van der Waals surface area contributed by atoms with Crippen LogP contribution in [0.1, 0.15) is 38.2 Å². The van der Waals surface area contributed by atoms with E-state index < -0.39 is 5.97 Å². The molecule has 1 aromatic carbocycles. The minimum absolute atomic E-state index is 0.167. The lowest BCUT2D eigenvalue weighted by Crippen LogP contribution is -2.42. The van der Waals surface area contributed by atoms with Crippen LogP contribution in [0.2, 0.25) is 0 Å². The zero-order chi connectivity index (χ0) is 19.9. The van der Waals surface area contributed by atoms with E-state index >= 15 is 0 Å². The van der Waals surface area contributed by atoms with Crippen LogP contribution in [0, 0.1) is 5.92 Å². The van der Waals surface area contributed by atoms with Gasteiger partial charge < -0.3 is 24.3 Å². The average Bonchev–Trinajstić information content (AvgIpc) is 2.71. The molecule has 1 aromatic rings. The van der Waals surface area contributed by atoms with Crippen LogP contribution in [0.3, 0.4) is 0 Å². The molecule has 1 fully saturated rings. The summed E-state index contributed by atoms with van der Waals surface area (Å²) in [6, 6.07) is 3.67. The Morgan fingerprint density at radius 1 is 1.21 bits per heavy atom. The second kappa shape index (κ2) is 9.48. The van der Waals surface area contributed by atoms with Crippen molar-refractivity contribution in [3.8, 4) is 17.2 Å². The Labute approximate surface area is 165 Å². The number of hydrogen-bond acceptors (Lipinski definition) is 6. The van der Waals surface area contributed by atoms with Gasteiger partial charge in [-0.25, -0.2) is 4.79 Å². The summed E-state index contributed by atoms with van der Waals surface area (Å²) in [6.45, 7) is 2.78. The SMILES string of the molecule is COc1cc(/C=C/C(=O)OCC(=O)N[C@@H]2CCCC[C@@H]2C)cc2c1OCCO2. The summed E-state index contributed by atoms with van der Waals surface area (Å²) < 4.78 is 21.5. The van der Waals surface area contributed by atoms with E-state index in [2.05, 4.69) is 12.2 Å². The normalized spacial score (nSPS) is 21.2. The third kappa shape index (κ3) is 5.18. The fourth-order valence-corrected chi connectivity index (χ4v) is 3.52. The number of carbonyl (C=O) groups excluding carboxylic acids is 2. The van der Waals surface area contributed by atoms with Crippen molar-refractivity contribution in [1.29, 1.82) is 0 Å². The smallest absolute Gasteiger partial charge is 0.331 e. The van der Waals surface area contributed by atoms with Gasteiger partial charge in [-0.1, -0.05) is 19.8 Å². The highest BCUT2D eigenvalue weighted by Gasteiger charge is 2.23. The number of fused-ring (bicyclic) bond motifs is 1. The molecule has 1 aliphatic carbocycles. The molecule has 7 heteroatoms. The van der Waals surface area contributed by atoms with Crippen LogP contribution < -0.4 is 19.5 Å². The number of methoxy groups -OCH3 is 1. The van der Waals surface area contributed by atoms with E-state index in [1.807, 2.05) is 0 Å². The van der Waals surface area contributed by atoms with E-state index in [1.54, 1.807) is 25.3 Å². The first-order valence-electron chi connectivity index (χ1n) is 9.68. The van der Waals surface area contributed by atoms with Crippen LogP contribution >= 0.6 is 0 Å². The van der Waals surface area contributed by atoms with Gasteiger partial charge in [0.2, 0.25) is 5.75 Å². The number of esters is 1. The van der Waals surface area contributed by atoms with E-state index in [-0.39, 0.29) is 18.6 Å². The summed E-state index contributed by atoms with van der Waals surface area (Å²) in [5.41, 5.74) is 0.707. The van der Waals surface area contributed by atoms with Crippen molar-refractivity contribution >= 4 is 18.0 Å². The van der Waals surface area contributed by atoms with E-state index in [0.29, 0.717) is 41.9 Å². The van der Waals surface area contributed by atoms with Crippen molar-refractivity contribution in [2.75, 3.05) is 26.9 Å². The average molecular weight is 389 g/mol. The summed E-state index contributed by atoms with van der Waals surface area (Å²) in [6.07, 6.45) is 7.29. The molecule has 1 saturated carbocycles. The molecule has 2 aliphatic rings. The largest absolute Gasteiger partial charge is 0.493 e. The minimum atomic E-state index is -0.583. The quantitative estimate of drug-likeness (QED) is 0.595. The zero-order valence-electron chi connectivity index (χ0n) is 16.4. The Balaban J connectivity index is 1.51. The van der Waals surface area contributed by atoms with Crippen molar-refractivity contribution in [3.63, 3.8) is 0 Å². The highest BCUT2D eigenvalue weighted by atomic mass is 16.6. The van der Waals surface area contributed by atoms with Crippen molar-refractivity contribution < 1.29 is 28.5 Å². The number of nitrogens with one attached hydrogen (secondary N) is 1. The first kappa shape index (κ1) is 20.0. The second-order valence-electron chi connectivity index (χ2n) is 7.12. The van der Waals surface area contributed by atoms with Gasteiger partial charge in [-0.05, 0) is 42.5 Å². The molecule has 0 saturated heterocycles. The van der Waals surface area contributed by atoms with Crippen molar-refractivity contribution in [3.05, 3.63) is 23.8 Å². The van der Waals surface area contributed by atoms with Gasteiger partial charge in [0, 0.05) is 12.1 Å². The molecule has 3 rings (SSSR count). The molecule has 152 valence electrons. The first-order valence-corrected chi connectivity index (χ1v) is 9.68. The monoisotopic (exact) mass is 389 g/mol. The predicted octanol–water partition coefficient (Wildman–Crippen LogP) is 2.72. The van der Waals surface area contributed by atoms with Crippen LogP contribution in [0.4, 0.5) is 0 Å². The van der Waals surface area contributed by atoms with Gasteiger partial charge in [-0.2, -0.15) is 0 Å². The van der Waals surface area contributed by atoms with Gasteiger partial charge in [0.1, 0.15) is 13.2 Å². The molecule has 2 atom stereocenters. The maximum absolute atomic E-state index is 12.0. The molecule has 0 bridgehead atoms. The molecule has 1 heterocycles. The molecule has 0 unspecified atom stereocenters. The summed E-state index contributed by atoms with van der Waals surface area (Å²) >= 11 is 0. The summed E-state index contributed by atoms with van der Waals surface area (Å²) in [5.74, 6) is 1.27. The summed E-state index contributed by atoms with van der Waals surface area (Å²) in [7, 11) is 1.54. The standard InChI is InChI=1S/C21H27NO6/c1-14-5-3-4-6-16(14)22-19(23)13-28-20(24)8-7-15-11-17(25-2)21-18(12-15)26-9-10-27-21/h7-8,11-12,14,16H,3-6,9-10,13H2,1-2H3,(H,22,23)/b8-7+/t14-,16+/m0/s1. The van der Waals surface area contributed by atoms with Gasteiger partial charge >= 0.3 is 5.97 Å². The lowest BCUT2D eigenvalue weighted by atomic mass is 9.86. The van der Waals surface area contributed by atoms with Crippen LogP contribution in [-0.4, -0.2) is 44.8 Å².